The lowest BCUT2D eigenvalue weighted by Crippen LogP contribution is -2.15. The molecular formula is C20H20N2O2. The average molecular weight is 320 g/mol. The summed E-state index contributed by atoms with van der Waals surface area (Å²) in [4.78, 5) is 12.7. The Bertz CT molecular complexity index is 890. The normalized spacial score (nSPS) is 10.6. The molecule has 2 aromatic carbocycles. The number of hydrogen-bond acceptors (Lipinski definition) is 2. The molecule has 4 heteroatoms. The Hall–Kier alpha value is -3.01. The number of carbonyl (C=O) groups is 1. The van der Waals surface area contributed by atoms with Gasteiger partial charge in [-0.15, -0.1) is 0 Å². The summed E-state index contributed by atoms with van der Waals surface area (Å²) in [5, 5.41) is 12.7. The van der Waals surface area contributed by atoms with Crippen LogP contribution in [0.5, 0.6) is 5.75 Å². The summed E-state index contributed by atoms with van der Waals surface area (Å²) in [5.74, 6) is -0.0421. The van der Waals surface area contributed by atoms with E-state index in [-0.39, 0.29) is 11.7 Å². The highest BCUT2D eigenvalue weighted by molar-refractivity contribution is 6.06. The molecule has 0 saturated heterocycles. The molecule has 0 bridgehead atoms. The van der Waals surface area contributed by atoms with Crippen molar-refractivity contribution in [1.29, 1.82) is 0 Å². The van der Waals surface area contributed by atoms with Gasteiger partial charge in [-0.1, -0.05) is 18.2 Å². The van der Waals surface area contributed by atoms with Crippen LogP contribution in [-0.4, -0.2) is 15.6 Å². The first-order valence-corrected chi connectivity index (χ1v) is 7.82. The SMILES string of the molecule is Cc1ccc(NC(=O)c2ccccc2-n2c(C)ccc2C)cc1O. The van der Waals surface area contributed by atoms with Crippen LogP contribution < -0.4 is 5.32 Å². The van der Waals surface area contributed by atoms with Gasteiger partial charge < -0.3 is 15.0 Å². The molecule has 1 heterocycles. The molecule has 0 radical (unpaired) electrons. The number of nitrogens with zero attached hydrogens (tertiary/aromatic N) is 1. The van der Waals surface area contributed by atoms with E-state index >= 15 is 0 Å². The lowest BCUT2D eigenvalue weighted by Gasteiger charge is -2.15. The van der Waals surface area contributed by atoms with Crippen LogP contribution in [0, 0.1) is 20.8 Å². The zero-order valence-corrected chi connectivity index (χ0v) is 14.0. The summed E-state index contributed by atoms with van der Waals surface area (Å²) in [6.07, 6.45) is 0. The zero-order chi connectivity index (χ0) is 17.3. The second-order valence-corrected chi connectivity index (χ2v) is 5.92. The van der Waals surface area contributed by atoms with Crippen molar-refractivity contribution in [2.45, 2.75) is 20.8 Å². The molecule has 0 aliphatic carbocycles. The number of hydrogen-bond donors (Lipinski definition) is 2. The molecule has 24 heavy (non-hydrogen) atoms. The average Bonchev–Trinajstić information content (AvgIpc) is 2.89. The van der Waals surface area contributed by atoms with Crippen molar-refractivity contribution in [3.05, 3.63) is 77.1 Å². The van der Waals surface area contributed by atoms with Crippen molar-refractivity contribution in [1.82, 2.24) is 4.57 Å². The van der Waals surface area contributed by atoms with Crippen LogP contribution in [0.4, 0.5) is 5.69 Å². The molecular weight excluding hydrogens is 300 g/mol. The van der Waals surface area contributed by atoms with Crippen molar-refractivity contribution in [3.63, 3.8) is 0 Å². The highest BCUT2D eigenvalue weighted by Gasteiger charge is 2.15. The molecule has 0 fully saturated rings. The van der Waals surface area contributed by atoms with Gasteiger partial charge in [0.15, 0.2) is 0 Å². The summed E-state index contributed by atoms with van der Waals surface area (Å²) < 4.78 is 2.06. The molecule has 0 saturated carbocycles. The largest absolute Gasteiger partial charge is 0.508 e. The predicted octanol–water partition coefficient (Wildman–Crippen LogP) is 4.36. The van der Waals surface area contributed by atoms with E-state index in [0.29, 0.717) is 11.3 Å². The molecule has 0 unspecified atom stereocenters. The third-order valence-corrected chi connectivity index (χ3v) is 4.13. The van der Waals surface area contributed by atoms with Crippen LogP contribution in [0.3, 0.4) is 0 Å². The zero-order valence-electron chi connectivity index (χ0n) is 14.0. The monoisotopic (exact) mass is 320 g/mol. The first kappa shape index (κ1) is 15.9. The van der Waals surface area contributed by atoms with E-state index in [9.17, 15) is 9.90 Å². The number of benzene rings is 2. The lowest BCUT2D eigenvalue weighted by molar-refractivity contribution is 0.102. The Kier molecular flexibility index (Phi) is 4.13. The molecule has 0 aliphatic rings. The standard InChI is InChI=1S/C20H20N2O2/c1-13-8-11-16(12-19(13)23)21-20(24)17-6-4-5-7-18(17)22-14(2)9-10-15(22)3/h4-12,23H,1-3H3,(H,21,24). The van der Waals surface area contributed by atoms with Crippen LogP contribution in [0.1, 0.15) is 27.3 Å². The number of amides is 1. The second kappa shape index (κ2) is 6.24. The number of carbonyl (C=O) groups excluding carboxylic acids is 1. The Morgan fingerprint density at radius 3 is 2.29 bits per heavy atom. The molecule has 0 aliphatic heterocycles. The van der Waals surface area contributed by atoms with Crippen molar-refractivity contribution in [2.24, 2.45) is 0 Å². The number of para-hydroxylation sites is 1. The molecule has 3 aromatic rings. The van der Waals surface area contributed by atoms with E-state index in [4.69, 9.17) is 0 Å². The van der Waals surface area contributed by atoms with Gasteiger partial charge in [0.25, 0.3) is 5.91 Å². The van der Waals surface area contributed by atoms with E-state index in [1.807, 2.05) is 51.1 Å². The number of aryl methyl sites for hydroxylation is 3. The Morgan fingerprint density at radius 2 is 1.62 bits per heavy atom. The number of rotatable bonds is 3. The van der Waals surface area contributed by atoms with E-state index < -0.39 is 0 Å². The highest BCUT2D eigenvalue weighted by atomic mass is 16.3. The molecule has 122 valence electrons. The lowest BCUT2D eigenvalue weighted by atomic mass is 10.1. The Labute approximate surface area is 141 Å². The maximum atomic E-state index is 12.7. The first-order chi connectivity index (χ1) is 11.5. The number of aromatic nitrogens is 1. The summed E-state index contributed by atoms with van der Waals surface area (Å²) in [6.45, 7) is 5.84. The summed E-state index contributed by atoms with van der Waals surface area (Å²) in [7, 11) is 0. The first-order valence-electron chi connectivity index (χ1n) is 7.82. The van der Waals surface area contributed by atoms with Crippen LogP contribution >= 0.6 is 0 Å². The van der Waals surface area contributed by atoms with Crippen LogP contribution in [0.2, 0.25) is 0 Å². The number of nitrogens with one attached hydrogen (secondary N) is 1. The van der Waals surface area contributed by atoms with Gasteiger partial charge >= 0.3 is 0 Å². The van der Waals surface area contributed by atoms with Crippen LogP contribution in [-0.2, 0) is 0 Å². The Balaban J connectivity index is 1.98. The van der Waals surface area contributed by atoms with E-state index in [1.54, 1.807) is 24.3 Å². The number of anilines is 1. The minimum absolute atomic E-state index is 0.165. The second-order valence-electron chi connectivity index (χ2n) is 5.92. The highest BCUT2D eigenvalue weighted by Crippen LogP contribution is 2.24. The van der Waals surface area contributed by atoms with E-state index in [2.05, 4.69) is 9.88 Å². The fourth-order valence-electron chi connectivity index (χ4n) is 2.79. The van der Waals surface area contributed by atoms with Gasteiger partial charge in [-0.25, -0.2) is 0 Å². The van der Waals surface area contributed by atoms with Gasteiger partial charge in [-0.3, -0.25) is 4.79 Å². The van der Waals surface area contributed by atoms with E-state index in [1.165, 1.54) is 0 Å². The van der Waals surface area contributed by atoms with Gasteiger partial charge in [-0.2, -0.15) is 0 Å². The molecule has 1 amide bonds. The number of aromatic hydroxyl groups is 1. The van der Waals surface area contributed by atoms with Gasteiger partial charge in [0.1, 0.15) is 5.75 Å². The van der Waals surface area contributed by atoms with Crippen molar-refractivity contribution < 1.29 is 9.90 Å². The van der Waals surface area contributed by atoms with Crippen LogP contribution in [0.15, 0.2) is 54.6 Å². The van der Waals surface area contributed by atoms with Gasteiger partial charge in [0.2, 0.25) is 0 Å². The van der Waals surface area contributed by atoms with Crippen LogP contribution in [0.25, 0.3) is 5.69 Å². The van der Waals surface area contributed by atoms with E-state index in [0.717, 1.165) is 22.6 Å². The van der Waals surface area contributed by atoms with Crippen molar-refractivity contribution in [3.8, 4) is 11.4 Å². The van der Waals surface area contributed by atoms with Crippen molar-refractivity contribution >= 4 is 11.6 Å². The minimum atomic E-state index is -0.207. The third-order valence-electron chi connectivity index (χ3n) is 4.13. The van der Waals surface area contributed by atoms with Gasteiger partial charge in [0, 0.05) is 23.1 Å². The summed E-state index contributed by atoms with van der Waals surface area (Å²) in [5.41, 5.74) is 4.90. The number of phenolic OH excluding ortho intramolecular Hbond substituents is 1. The topological polar surface area (TPSA) is 54.3 Å². The summed E-state index contributed by atoms with van der Waals surface area (Å²) in [6, 6.07) is 16.7. The molecule has 2 N–H and O–H groups in total. The fourth-order valence-corrected chi connectivity index (χ4v) is 2.79. The molecule has 4 nitrogen and oxygen atoms in total. The Morgan fingerprint density at radius 1 is 0.958 bits per heavy atom. The third kappa shape index (κ3) is 2.91. The molecule has 3 rings (SSSR count). The molecule has 1 aromatic heterocycles. The van der Waals surface area contributed by atoms with Gasteiger partial charge in [-0.05, 0) is 56.7 Å². The fraction of sp³-hybridized carbons (Fsp3) is 0.150. The molecule has 0 atom stereocenters. The van der Waals surface area contributed by atoms with Gasteiger partial charge in [0.05, 0.1) is 11.3 Å². The minimum Gasteiger partial charge on any atom is -0.508 e. The maximum Gasteiger partial charge on any atom is 0.257 e. The molecule has 0 spiro atoms. The smallest absolute Gasteiger partial charge is 0.257 e. The number of phenols is 1. The quantitative estimate of drug-likeness (QED) is 0.753. The predicted molar refractivity (Wildman–Crippen MR) is 96.0 cm³/mol. The summed E-state index contributed by atoms with van der Waals surface area (Å²) >= 11 is 0. The maximum absolute atomic E-state index is 12.7. The van der Waals surface area contributed by atoms with Crippen molar-refractivity contribution in [2.75, 3.05) is 5.32 Å².